The second-order valence-electron chi connectivity index (χ2n) is 8.21. The number of hydrogen-bond donors (Lipinski definition) is 2. The number of anilines is 1. The molecule has 174 valence electrons. The van der Waals surface area contributed by atoms with E-state index < -0.39 is 17.2 Å². The third-order valence-corrected chi connectivity index (χ3v) is 6.27. The molecule has 2 heterocycles. The van der Waals surface area contributed by atoms with Crippen LogP contribution in [0.15, 0.2) is 63.7 Å². The minimum Gasteiger partial charge on any atom is -0.494 e. The zero-order valence-electron chi connectivity index (χ0n) is 19.0. The van der Waals surface area contributed by atoms with Crippen molar-refractivity contribution >= 4 is 17.3 Å². The highest BCUT2D eigenvalue weighted by Crippen LogP contribution is 2.49. The maximum absolute atomic E-state index is 13.6. The predicted octanol–water partition coefficient (Wildman–Crippen LogP) is 3.14. The third kappa shape index (κ3) is 3.38. The normalized spacial score (nSPS) is 16.1. The van der Waals surface area contributed by atoms with Gasteiger partial charge in [0, 0.05) is 42.5 Å². The number of carbonyl (C=O) groups is 1. The molecule has 8 nitrogen and oxygen atoms in total. The Hall–Kier alpha value is -3.91. The fourth-order valence-corrected chi connectivity index (χ4v) is 4.86. The molecule has 0 unspecified atom stereocenters. The summed E-state index contributed by atoms with van der Waals surface area (Å²) in [6, 6.07) is 14.7. The van der Waals surface area contributed by atoms with Crippen LogP contribution in [0.1, 0.15) is 46.3 Å². The molecular weight excluding hydrogens is 434 g/mol. The van der Waals surface area contributed by atoms with Crippen LogP contribution in [0.4, 0.5) is 5.82 Å². The lowest BCUT2D eigenvalue weighted by atomic mass is 9.81. The van der Waals surface area contributed by atoms with Gasteiger partial charge >= 0.3 is 5.69 Å². The summed E-state index contributed by atoms with van der Waals surface area (Å²) in [5, 5.41) is 3.29. The minimum atomic E-state index is -0.702. The van der Waals surface area contributed by atoms with Gasteiger partial charge < -0.3 is 14.8 Å². The summed E-state index contributed by atoms with van der Waals surface area (Å²) in [5.41, 5.74) is 2.41. The zero-order valence-corrected chi connectivity index (χ0v) is 19.0. The van der Waals surface area contributed by atoms with Crippen LogP contribution >= 0.6 is 0 Å². The molecule has 2 N–H and O–H groups in total. The van der Waals surface area contributed by atoms with Gasteiger partial charge in [0.25, 0.3) is 5.56 Å². The van der Waals surface area contributed by atoms with Gasteiger partial charge in [0.15, 0.2) is 5.78 Å². The number of H-pyrrole nitrogens is 1. The number of aromatic nitrogens is 2. The number of Topliss-reactive ketones (excluding diaryl/α,β-unsaturated/α-hetero) is 1. The largest absolute Gasteiger partial charge is 0.494 e. The Morgan fingerprint density at radius 1 is 1.00 bits per heavy atom. The molecule has 8 heteroatoms. The van der Waals surface area contributed by atoms with Gasteiger partial charge in [0.1, 0.15) is 11.6 Å². The van der Waals surface area contributed by atoms with E-state index in [1.807, 2.05) is 49.4 Å². The van der Waals surface area contributed by atoms with Crippen LogP contribution in [-0.2, 0) is 11.3 Å². The number of ketones is 1. The third-order valence-electron chi connectivity index (χ3n) is 6.27. The van der Waals surface area contributed by atoms with Gasteiger partial charge in [-0.1, -0.05) is 42.5 Å². The van der Waals surface area contributed by atoms with Crippen molar-refractivity contribution in [3.05, 3.63) is 97.2 Å². The van der Waals surface area contributed by atoms with Gasteiger partial charge in [-0.3, -0.25) is 19.1 Å². The van der Waals surface area contributed by atoms with Crippen molar-refractivity contribution in [2.75, 3.05) is 25.6 Å². The molecule has 1 atom stereocenters. The quantitative estimate of drug-likeness (QED) is 0.527. The average Bonchev–Trinajstić information content (AvgIpc) is 3.12. The molecule has 0 fully saturated rings. The van der Waals surface area contributed by atoms with Gasteiger partial charge in [-0.25, -0.2) is 4.79 Å². The summed E-state index contributed by atoms with van der Waals surface area (Å²) in [6.45, 7) is 3.12. The molecule has 1 aliphatic heterocycles. The second-order valence-corrected chi connectivity index (χ2v) is 8.21. The molecule has 2 aliphatic rings. The monoisotopic (exact) mass is 459 g/mol. The number of nitrogens with one attached hydrogen (secondary N) is 2. The number of aromatic amines is 1. The molecule has 0 spiro atoms. The van der Waals surface area contributed by atoms with Crippen LogP contribution in [-0.4, -0.2) is 35.7 Å². The van der Waals surface area contributed by atoms with E-state index in [4.69, 9.17) is 9.47 Å². The predicted molar refractivity (Wildman–Crippen MR) is 129 cm³/mol. The van der Waals surface area contributed by atoms with E-state index in [2.05, 4.69) is 10.3 Å². The fourth-order valence-electron chi connectivity index (χ4n) is 4.86. The van der Waals surface area contributed by atoms with Crippen LogP contribution in [0, 0.1) is 0 Å². The Morgan fingerprint density at radius 3 is 2.50 bits per heavy atom. The molecule has 0 amide bonds. The first kappa shape index (κ1) is 21.9. The molecule has 1 aromatic heterocycles. The molecule has 0 saturated heterocycles. The molecule has 0 radical (unpaired) electrons. The molecular formula is C26H25N3O5. The van der Waals surface area contributed by atoms with Crippen molar-refractivity contribution in [2.24, 2.45) is 0 Å². The summed E-state index contributed by atoms with van der Waals surface area (Å²) < 4.78 is 12.6. The number of benzene rings is 2. The molecule has 1 aliphatic carbocycles. The Morgan fingerprint density at radius 2 is 1.74 bits per heavy atom. The molecule has 0 bridgehead atoms. The van der Waals surface area contributed by atoms with Crippen LogP contribution in [0.25, 0.3) is 5.70 Å². The van der Waals surface area contributed by atoms with Gasteiger partial charge in [-0.15, -0.1) is 0 Å². The van der Waals surface area contributed by atoms with Crippen LogP contribution in [0.2, 0.25) is 0 Å². The fraction of sp³-hybridized carbons (Fsp3) is 0.269. The van der Waals surface area contributed by atoms with Crippen LogP contribution in [0.5, 0.6) is 5.75 Å². The highest BCUT2D eigenvalue weighted by molar-refractivity contribution is 6.23. The van der Waals surface area contributed by atoms with E-state index in [1.54, 1.807) is 13.2 Å². The highest BCUT2D eigenvalue weighted by atomic mass is 16.5. The number of rotatable bonds is 7. The summed E-state index contributed by atoms with van der Waals surface area (Å²) in [7, 11) is 1.60. The Kier molecular flexibility index (Phi) is 5.67. The molecule has 3 aromatic rings. The van der Waals surface area contributed by atoms with Crippen molar-refractivity contribution in [3.8, 4) is 5.75 Å². The van der Waals surface area contributed by atoms with Crippen LogP contribution < -0.4 is 21.3 Å². The summed E-state index contributed by atoms with van der Waals surface area (Å²) >= 11 is 0. The first-order chi connectivity index (χ1) is 16.6. The van der Waals surface area contributed by atoms with Crippen molar-refractivity contribution < 1.29 is 14.3 Å². The van der Waals surface area contributed by atoms with Crippen molar-refractivity contribution in [2.45, 2.75) is 25.8 Å². The van der Waals surface area contributed by atoms with E-state index in [9.17, 15) is 14.4 Å². The first-order valence-corrected chi connectivity index (χ1v) is 11.3. The molecule has 34 heavy (non-hydrogen) atoms. The number of hydrogen-bond acceptors (Lipinski definition) is 6. The zero-order chi connectivity index (χ0) is 23.8. The number of nitrogens with zero attached hydrogens (tertiary/aromatic N) is 1. The van der Waals surface area contributed by atoms with Gasteiger partial charge in [-0.2, -0.15) is 0 Å². The lowest BCUT2D eigenvalue weighted by Gasteiger charge is -2.30. The first-order valence-electron chi connectivity index (χ1n) is 11.3. The lowest BCUT2D eigenvalue weighted by Crippen LogP contribution is -2.38. The van der Waals surface area contributed by atoms with Crippen molar-refractivity contribution in [3.63, 3.8) is 0 Å². The van der Waals surface area contributed by atoms with Gasteiger partial charge in [-0.05, 0) is 19.4 Å². The Labute approximate surface area is 195 Å². The van der Waals surface area contributed by atoms with E-state index in [1.165, 1.54) is 4.57 Å². The van der Waals surface area contributed by atoms with Gasteiger partial charge in [0.2, 0.25) is 0 Å². The maximum atomic E-state index is 13.6. The Balaban J connectivity index is 1.80. The SMILES string of the molecule is CCOc1ccccc1[C@@H]1C2=C(Nc3c1c(=O)[nH]c(=O)n3CCCOC)c1ccccc1C2=O. The molecule has 0 saturated carbocycles. The van der Waals surface area contributed by atoms with E-state index in [0.717, 1.165) is 5.56 Å². The summed E-state index contributed by atoms with van der Waals surface area (Å²) in [5.74, 6) is 0.142. The second kappa shape index (κ2) is 8.79. The standard InChI is InChI=1S/C26H25N3O5/c1-3-34-18-12-7-6-11-17(18)19-20-22(15-9-4-5-10-16(15)23(20)30)27-24-21(19)25(31)28-26(32)29(24)13-8-14-33-2/h4-7,9-12,19,27H,3,8,13-14H2,1-2H3,(H,28,31,32)/t19-/m1/s1. The topological polar surface area (TPSA) is 102 Å². The Bertz CT molecular complexity index is 1430. The number of carbonyl (C=O) groups excluding carboxylic acids is 1. The lowest BCUT2D eigenvalue weighted by molar-refractivity contribution is 0.103. The van der Waals surface area contributed by atoms with E-state index >= 15 is 0 Å². The van der Waals surface area contributed by atoms with Crippen molar-refractivity contribution in [1.82, 2.24) is 9.55 Å². The number of fused-ring (bicyclic) bond motifs is 3. The highest BCUT2D eigenvalue weighted by Gasteiger charge is 2.43. The van der Waals surface area contributed by atoms with Crippen LogP contribution in [0.3, 0.4) is 0 Å². The number of allylic oxidation sites excluding steroid dienone is 1. The minimum absolute atomic E-state index is 0.142. The average molecular weight is 460 g/mol. The molecule has 2 aromatic carbocycles. The summed E-state index contributed by atoms with van der Waals surface area (Å²) in [6.07, 6.45) is 0.582. The summed E-state index contributed by atoms with van der Waals surface area (Å²) in [4.78, 5) is 42.2. The number of ether oxygens (including phenoxy) is 2. The van der Waals surface area contributed by atoms with E-state index in [0.29, 0.717) is 65.7 Å². The number of methoxy groups -OCH3 is 1. The maximum Gasteiger partial charge on any atom is 0.329 e. The van der Waals surface area contributed by atoms with Gasteiger partial charge in [0.05, 0.1) is 23.8 Å². The number of para-hydroxylation sites is 1. The molecule has 5 rings (SSSR count). The smallest absolute Gasteiger partial charge is 0.329 e. The van der Waals surface area contributed by atoms with E-state index in [-0.39, 0.29) is 5.78 Å². The van der Waals surface area contributed by atoms with Crippen molar-refractivity contribution in [1.29, 1.82) is 0 Å².